The highest BCUT2D eigenvalue weighted by Gasteiger charge is 2.33. The highest BCUT2D eigenvalue weighted by atomic mass is 19.3. The first-order valence-electron chi connectivity index (χ1n) is 6.98. The van der Waals surface area contributed by atoms with Crippen molar-refractivity contribution in [2.24, 2.45) is 0 Å². The average molecular weight is 284 g/mol. The van der Waals surface area contributed by atoms with Crippen LogP contribution in [0.2, 0.25) is 0 Å². The molecule has 1 fully saturated rings. The molecule has 0 amide bonds. The number of para-hydroxylation sites is 2. The number of hydrogen-bond acceptors (Lipinski definition) is 3. The summed E-state index contributed by atoms with van der Waals surface area (Å²) in [6.45, 7) is 5.13. The minimum absolute atomic E-state index is 0.0520. The van der Waals surface area contributed by atoms with Gasteiger partial charge in [0, 0.05) is 24.7 Å². The van der Waals surface area contributed by atoms with E-state index in [1.165, 1.54) is 0 Å². The molecule has 1 aromatic rings. The van der Waals surface area contributed by atoms with Gasteiger partial charge in [-0.3, -0.25) is 0 Å². The number of hydrogen-bond donors (Lipinski definition) is 1. The third-order valence-electron chi connectivity index (χ3n) is 3.68. The number of piperazine rings is 1. The molecule has 0 radical (unpaired) electrons. The Balaban J connectivity index is 2.31. The zero-order valence-corrected chi connectivity index (χ0v) is 12.2. The van der Waals surface area contributed by atoms with Crippen molar-refractivity contribution < 1.29 is 13.5 Å². The number of anilines is 1. The molecule has 2 rings (SSSR count). The highest BCUT2D eigenvalue weighted by Crippen LogP contribution is 2.33. The molecule has 3 nitrogen and oxygen atoms in total. The molecule has 0 bridgehead atoms. The number of ether oxygens (including phenoxy) is 1. The van der Waals surface area contributed by atoms with E-state index in [4.69, 9.17) is 0 Å². The van der Waals surface area contributed by atoms with E-state index in [0.717, 1.165) is 25.2 Å². The Labute approximate surface area is 118 Å². The summed E-state index contributed by atoms with van der Waals surface area (Å²) in [6.07, 6.45) is 0.950. The fraction of sp³-hybridized carbons (Fsp3) is 0.600. The Bertz CT molecular complexity index is 451. The van der Waals surface area contributed by atoms with Gasteiger partial charge in [0.05, 0.1) is 5.69 Å². The fourth-order valence-corrected chi connectivity index (χ4v) is 2.65. The lowest BCUT2D eigenvalue weighted by Gasteiger charge is -2.46. The van der Waals surface area contributed by atoms with E-state index in [1.807, 2.05) is 12.1 Å². The SMILES string of the molecule is CCC1CNC(C)(C)CN1c1ccccc1OC(F)F. The molecule has 5 heteroatoms. The first-order valence-corrected chi connectivity index (χ1v) is 6.98. The molecule has 0 saturated carbocycles. The van der Waals surface area contributed by atoms with E-state index in [1.54, 1.807) is 12.1 Å². The Kier molecular flexibility index (Phi) is 4.48. The Morgan fingerprint density at radius 1 is 1.40 bits per heavy atom. The smallest absolute Gasteiger partial charge is 0.387 e. The maximum absolute atomic E-state index is 12.5. The van der Waals surface area contributed by atoms with Gasteiger partial charge in [0.15, 0.2) is 0 Å². The molecular formula is C15H22F2N2O. The molecule has 1 N–H and O–H groups in total. The second kappa shape index (κ2) is 5.95. The molecule has 20 heavy (non-hydrogen) atoms. The van der Waals surface area contributed by atoms with Gasteiger partial charge in [0.1, 0.15) is 5.75 Å². The van der Waals surface area contributed by atoms with E-state index in [2.05, 4.69) is 35.7 Å². The van der Waals surface area contributed by atoms with Crippen LogP contribution in [0, 0.1) is 0 Å². The summed E-state index contributed by atoms with van der Waals surface area (Å²) in [5.74, 6) is 0.249. The second-order valence-electron chi connectivity index (χ2n) is 5.80. The normalized spacial score (nSPS) is 22.1. The Hall–Kier alpha value is -1.36. The van der Waals surface area contributed by atoms with Crippen LogP contribution in [0.5, 0.6) is 5.75 Å². The van der Waals surface area contributed by atoms with Gasteiger partial charge in [-0.05, 0) is 32.4 Å². The van der Waals surface area contributed by atoms with Crippen LogP contribution in [0.15, 0.2) is 24.3 Å². The minimum atomic E-state index is -2.80. The van der Waals surface area contributed by atoms with Gasteiger partial charge in [-0.1, -0.05) is 19.1 Å². The molecule has 1 aromatic carbocycles. The minimum Gasteiger partial charge on any atom is -0.433 e. The van der Waals surface area contributed by atoms with Crippen LogP contribution < -0.4 is 15.0 Å². The first kappa shape index (κ1) is 15.0. The predicted octanol–water partition coefficient (Wildman–Crippen LogP) is 3.25. The monoisotopic (exact) mass is 284 g/mol. The second-order valence-corrected chi connectivity index (χ2v) is 5.80. The molecule has 1 heterocycles. The summed E-state index contributed by atoms with van der Waals surface area (Å²) >= 11 is 0. The zero-order valence-electron chi connectivity index (χ0n) is 12.2. The van der Waals surface area contributed by atoms with Crippen LogP contribution >= 0.6 is 0 Å². The molecule has 1 saturated heterocycles. The van der Waals surface area contributed by atoms with Gasteiger partial charge >= 0.3 is 6.61 Å². The highest BCUT2D eigenvalue weighted by molar-refractivity contribution is 5.60. The van der Waals surface area contributed by atoms with Crippen LogP contribution in [0.25, 0.3) is 0 Å². The molecule has 1 aliphatic rings. The topological polar surface area (TPSA) is 24.5 Å². The predicted molar refractivity (Wildman–Crippen MR) is 76.6 cm³/mol. The maximum atomic E-state index is 12.5. The third-order valence-corrected chi connectivity index (χ3v) is 3.68. The van der Waals surface area contributed by atoms with Gasteiger partial charge < -0.3 is 15.0 Å². The van der Waals surface area contributed by atoms with E-state index >= 15 is 0 Å². The number of benzene rings is 1. The van der Waals surface area contributed by atoms with Gasteiger partial charge in [0.2, 0.25) is 0 Å². The molecular weight excluding hydrogens is 262 g/mol. The molecule has 0 aliphatic carbocycles. The van der Waals surface area contributed by atoms with Crippen molar-refractivity contribution in [3.63, 3.8) is 0 Å². The summed E-state index contributed by atoms with van der Waals surface area (Å²) in [5.41, 5.74) is 0.693. The molecule has 1 atom stereocenters. The van der Waals surface area contributed by atoms with Crippen molar-refractivity contribution >= 4 is 5.69 Å². The van der Waals surface area contributed by atoms with Gasteiger partial charge in [-0.25, -0.2) is 0 Å². The van der Waals surface area contributed by atoms with Gasteiger partial charge in [0.25, 0.3) is 0 Å². The van der Waals surface area contributed by atoms with Crippen molar-refractivity contribution in [3.8, 4) is 5.75 Å². The van der Waals surface area contributed by atoms with Crippen LogP contribution in [0.3, 0.4) is 0 Å². The molecule has 0 spiro atoms. The summed E-state index contributed by atoms with van der Waals surface area (Å²) in [6, 6.07) is 7.31. The van der Waals surface area contributed by atoms with Gasteiger partial charge in [-0.15, -0.1) is 0 Å². The van der Waals surface area contributed by atoms with Crippen molar-refractivity contribution in [3.05, 3.63) is 24.3 Å². The molecule has 1 aliphatic heterocycles. The number of halogens is 2. The van der Waals surface area contributed by atoms with Crippen LogP contribution in [-0.4, -0.2) is 31.3 Å². The summed E-state index contributed by atoms with van der Waals surface area (Å²) < 4.78 is 29.8. The van der Waals surface area contributed by atoms with E-state index in [0.29, 0.717) is 0 Å². The lowest BCUT2D eigenvalue weighted by Crippen LogP contribution is -2.61. The van der Waals surface area contributed by atoms with Crippen LogP contribution in [0.4, 0.5) is 14.5 Å². The van der Waals surface area contributed by atoms with Crippen molar-refractivity contribution in [2.45, 2.75) is 45.4 Å². The average Bonchev–Trinajstić information content (AvgIpc) is 2.38. The maximum Gasteiger partial charge on any atom is 0.387 e. The third kappa shape index (κ3) is 3.39. The Morgan fingerprint density at radius 3 is 2.75 bits per heavy atom. The van der Waals surface area contributed by atoms with Crippen molar-refractivity contribution in [2.75, 3.05) is 18.0 Å². The quantitative estimate of drug-likeness (QED) is 0.918. The van der Waals surface area contributed by atoms with Crippen molar-refractivity contribution in [1.82, 2.24) is 5.32 Å². The summed E-state index contributed by atoms with van der Waals surface area (Å²) in [5, 5.41) is 3.49. The largest absolute Gasteiger partial charge is 0.433 e. The van der Waals surface area contributed by atoms with E-state index < -0.39 is 6.61 Å². The Morgan fingerprint density at radius 2 is 2.10 bits per heavy atom. The zero-order chi connectivity index (χ0) is 14.8. The number of nitrogens with zero attached hydrogens (tertiary/aromatic N) is 1. The molecule has 112 valence electrons. The number of nitrogens with one attached hydrogen (secondary N) is 1. The lowest BCUT2D eigenvalue weighted by molar-refractivity contribution is -0.0496. The first-order chi connectivity index (χ1) is 9.43. The fourth-order valence-electron chi connectivity index (χ4n) is 2.65. The summed E-state index contributed by atoms with van der Waals surface area (Å²) in [4.78, 5) is 2.17. The van der Waals surface area contributed by atoms with Gasteiger partial charge in [-0.2, -0.15) is 8.78 Å². The van der Waals surface area contributed by atoms with Crippen LogP contribution in [-0.2, 0) is 0 Å². The number of rotatable bonds is 4. The lowest BCUT2D eigenvalue weighted by atomic mass is 9.96. The summed E-state index contributed by atoms with van der Waals surface area (Å²) in [7, 11) is 0. The van der Waals surface area contributed by atoms with E-state index in [9.17, 15) is 8.78 Å². The molecule has 0 aromatic heterocycles. The van der Waals surface area contributed by atoms with Crippen molar-refractivity contribution in [1.29, 1.82) is 0 Å². The standard InChI is InChI=1S/C15H22F2N2O/c1-4-11-9-18-15(2,3)10-19(11)12-7-5-6-8-13(12)20-14(16)17/h5-8,11,14,18H,4,9-10H2,1-3H3. The number of alkyl halides is 2. The van der Waals surface area contributed by atoms with E-state index in [-0.39, 0.29) is 17.3 Å². The van der Waals surface area contributed by atoms with Crippen LogP contribution in [0.1, 0.15) is 27.2 Å². The molecule has 1 unspecified atom stereocenters.